The minimum atomic E-state index is -1.99. The molecular formula is C21H16Cl2N4O7. The molecule has 3 rings (SSSR count). The summed E-state index contributed by atoms with van der Waals surface area (Å²) < 4.78 is 4.63. The van der Waals surface area contributed by atoms with Crippen LogP contribution in [-0.2, 0) is 19.1 Å². The van der Waals surface area contributed by atoms with E-state index in [9.17, 15) is 29.3 Å². The van der Waals surface area contributed by atoms with E-state index in [0.717, 1.165) is 30.4 Å². The number of aromatic nitrogens is 2. The van der Waals surface area contributed by atoms with Crippen LogP contribution < -0.4 is 10.9 Å². The molecule has 0 aliphatic heterocycles. The van der Waals surface area contributed by atoms with Gasteiger partial charge in [0.15, 0.2) is 5.92 Å². The quantitative estimate of drug-likeness (QED) is 0.169. The van der Waals surface area contributed by atoms with Crippen molar-refractivity contribution in [2.24, 2.45) is 0 Å². The monoisotopic (exact) mass is 506 g/mol. The average molecular weight is 507 g/mol. The molecule has 0 saturated carbocycles. The van der Waals surface area contributed by atoms with Crippen LogP contribution in [-0.4, -0.2) is 39.7 Å². The van der Waals surface area contributed by atoms with Gasteiger partial charge in [0.25, 0.3) is 17.2 Å². The van der Waals surface area contributed by atoms with Gasteiger partial charge < -0.3 is 15.0 Å². The number of methoxy groups -OCH3 is 1. The molecule has 0 radical (unpaired) electrons. The molecule has 0 fully saturated rings. The van der Waals surface area contributed by atoms with Crippen molar-refractivity contribution in [3.05, 3.63) is 71.6 Å². The molecular weight excluding hydrogens is 491 g/mol. The van der Waals surface area contributed by atoms with Crippen molar-refractivity contribution in [2.75, 3.05) is 12.4 Å². The first-order chi connectivity index (χ1) is 15.9. The molecule has 0 saturated heterocycles. The number of H-pyrrole nitrogens is 1. The number of anilines is 1. The first-order valence-electron chi connectivity index (χ1n) is 9.52. The zero-order chi connectivity index (χ0) is 25.3. The molecule has 34 heavy (non-hydrogen) atoms. The first kappa shape index (κ1) is 24.8. The van der Waals surface area contributed by atoms with E-state index < -0.39 is 45.4 Å². The second-order valence-corrected chi connectivity index (χ2v) is 8.04. The van der Waals surface area contributed by atoms with Gasteiger partial charge in [0.2, 0.25) is 5.78 Å². The molecule has 13 heteroatoms. The van der Waals surface area contributed by atoms with Gasteiger partial charge in [-0.15, -0.1) is 0 Å². The lowest BCUT2D eigenvalue weighted by Crippen LogP contribution is -2.37. The number of hydrogen-bond acceptors (Lipinski definition) is 8. The third-order valence-corrected chi connectivity index (χ3v) is 5.60. The molecule has 1 amide bonds. The summed E-state index contributed by atoms with van der Waals surface area (Å²) in [6, 6.07) is 5.18. The molecule has 1 aromatic heterocycles. The van der Waals surface area contributed by atoms with Gasteiger partial charge in [0, 0.05) is 12.1 Å². The Bertz CT molecular complexity index is 1410. The molecule has 0 unspecified atom stereocenters. The molecule has 0 aliphatic carbocycles. The third kappa shape index (κ3) is 4.75. The normalized spacial score (nSPS) is 11.7. The van der Waals surface area contributed by atoms with Gasteiger partial charge in [-0.1, -0.05) is 23.2 Å². The summed E-state index contributed by atoms with van der Waals surface area (Å²) >= 11 is 11.9. The lowest BCUT2D eigenvalue weighted by atomic mass is 9.99. The first-order valence-corrected chi connectivity index (χ1v) is 10.3. The highest BCUT2D eigenvalue weighted by molar-refractivity contribution is 6.48. The molecule has 3 aromatic rings. The number of Topliss-reactive ketones (excluding diaryl/α,β-unsaturated/α-hetero) is 1. The Balaban J connectivity index is 2.03. The van der Waals surface area contributed by atoms with Gasteiger partial charge in [-0.3, -0.25) is 29.3 Å². The van der Waals surface area contributed by atoms with Crippen molar-refractivity contribution in [2.45, 2.75) is 19.8 Å². The van der Waals surface area contributed by atoms with Crippen LogP contribution in [0.1, 0.15) is 22.7 Å². The standard InChI is InChI=1S/C21H16Cl2N4O7/c1-8-4-13-14(5-9(8)2)25-19(29)17(24-13)15(21(31)34-3)18(28)20(30)26-16-11(22)6-10(27(32)33)7-12(16)23/h4-7,15H,1-3H3,(H,25,29)(H,26,30)/t15-/m1/s1. The van der Waals surface area contributed by atoms with E-state index in [4.69, 9.17) is 23.2 Å². The number of halogens is 2. The highest BCUT2D eigenvalue weighted by Gasteiger charge is 2.38. The molecule has 0 bridgehead atoms. The summed E-state index contributed by atoms with van der Waals surface area (Å²) in [4.78, 5) is 67.6. The van der Waals surface area contributed by atoms with E-state index in [1.807, 2.05) is 13.8 Å². The van der Waals surface area contributed by atoms with E-state index in [1.54, 1.807) is 12.1 Å². The second kappa shape index (κ2) is 9.57. The van der Waals surface area contributed by atoms with E-state index in [1.165, 1.54) is 0 Å². The van der Waals surface area contributed by atoms with Crippen molar-refractivity contribution in [1.29, 1.82) is 0 Å². The van der Waals surface area contributed by atoms with Crippen molar-refractivity contribution in [1.82, 2.24) is 9.97 Å². The van der Waals surface area contributed by atoms with Crippen LogP contribution in [0, 0.1) is 24.0 Å². The number of ketones is 1. The number of nitro benzene ring substituents is 1. The Hall–Kier alpha value is -3.83. The Morgan fingerprint density at radius 2 is 1.71 bits per heavy atom. The molecule has 1 heterocycles. The number of nitrogens with zero attached hydrogens (tertiary/aromatic N) is 2. The molecule has 11 nitrogen and oxygen atoms in total. The number of amides is 1. The van der Waals surface area contributed by atoms with Gasteiger partial charge in [-0.2, -0.15) is 0 Å². The van der Waals surface area contributed by atoms with Crippen molar-refractivity contribution in [3.8, 4) is 0 Å². The molecule has 0 aliphatic rings. The Morgan fingerprint density at radius 1 is 1.12 bits per heavy atom. The summed E-state index contributed by atoms with van der Waals surface area (Å²) in [6.45, 7) is 3.65. The molecule has 2 N–H and O–H groups in total. The molecule has 2 aromatic carbocycles. The van der Waals surface area contributed by atoms with Gasteiger partial charge >= 0.3 is 5.97 Å². The van der Waals surface area contributed by atoms with Crippen LogP contribution in [0.25, 0.3) is 11.0 Å². The van der Waals surface area contributed by atoms with Gasteiger partial charge in [0.1, 0.15) is 5.69 Å². The van der Waals surface area contributed by atoms with Crippen LogP contribution >= 0.6 is 23.2 Å². The maximum absolute atomic E-state index is 13.0. The summed E-state index contributed by atoms with van der Waals surface area (Å²) in [7, 11) is 0.979. The zero-order valence-corrected chi connectivity index (χ0v) is 19.4. The van der Waals surface area contributed by atoms with Crippen LogP contribution in [0.3, 0.4) is 0 Å². The minimum Gasteiger partial charge on any atom is -0.468 e. The van der Waals surface area contributed by atoms with Crippen molar-refractivity contribution < 1.29 is 24.0 Å². The number of aryl methyl sites for hydroxylation is 2. The van der Waals surface area contributed by atoms with Gasteiger partial charge in [0.05, 0.1) is 38.8 Å². The molecule has 176 valence electrons. The number of carbonyl (C=O) groups is 3. The fraction of sp³-hybridized carbons (Fsp3) is 0.190. The van der Waals surface area contributed by atoms with E-state index in [-0.39, 0.29) is 15.7 Å². The molecule has 1 atom stereocenters. The SMILES string of the molecule is COC(=O)[C@@H](C(=O)C(=O)Nc1c(Cl)cc([N+](=O)[O-])cc1Cl)c1nc2cc(C)c(C)cc2[nH]c1=O. The third-order valence-electron chi connectivity index (χ3n) is 5.01. The summed E-state index contributed by atoms with van der Waals surface area (Å²) in [5, 5.41) is 12.4. The largest absolute Gasteiger partial charge is 0.468 e. The number of aromatic amines is 1. The lowest BCUT2D eigenvalue weighted by molar-refractivity contribution is -0.384. The number of carbonyl (C=O) groups excluding carboxylic acids is 3. The topological polar surface area (TPSA) is 161 Å². The predicted octanol–water partition coefficient (Wildman–Crippen LogP) is 3.22. The number of non-ortho nitro benzene ring substituents is 1. The summed E-state index contributed by atoms with van der Waals surface area (Å²) in [5.74, 6) is -5.93. The average Bonchev–Trinajstić information content (AvgIpc) is 2.77. The predicted molar refractivity (Wildman–Crippen MR) is 123 cm³/mol. The van der Waals surface area contributed by atoms with Gasteiger partial charge in [-0.25, -0.2) is 4.98 Å². The van der Waals surface area contributed by atoms with Crippen LogP contribution in [0.5, 0.6) is 0 Å². The maximum Gasteiger partial charge on any atom is 0.323 e. The van der Waals surface area contributed by atoms with E-state index in [2.05, 4.69) is 20.0 Å². The summed E-state index contributed by atoms with van der Waals surface area (Å²) in [5.41, 5.74) is 0.269. The fourth-order valence-electron chi connectivity index (χ4n) is 3.11. The minimum absolute atomic E-state index is 0.289. The number of ether oxygens (including phenoxy) is 1. The maximum atomic E-state index is 13.0. The van der Waals surface area contributed by atoms with E-state index in [0.29, 0.717) is 11.0 Å². The second-order valence-electron chi connectivity index (χ2n) is 7.22. The van der Waals surface area contributed by atoms with Gasteiger partial charge in [-0.05, 0) is 37.1 Å². The Morgan fingerprint density at radius 3 is 2.26 bits per heavy atom. The lowest BCUT2D eigenvalue weighted by Gasteiger charge is -2.14. The van der Waals surface area contributed by atoms with Crippen LogP contribution in [0.4, 0.5) is 11.4 Å². The smallest absolute Gasteiger partial charge is 0.323 e. The fourth-order valence-corrected chi connectivity index (χ4v) is 3.68. The number of fused-ring (bicyclic) bond motifs is 1. The van der Waals surface area contributed by atoms with Crippen molar-refractivity contribution >= 4 is 63.3 Å². The van der Waals surface area contributed by atoms with E-state index >= 15 is 0 Å². The number of nitro groups is 1. The number of rotatable bonds is 6. The number of nitrogens with one attached hydrogen (secondary N) is 2. The Labute approximate surface area is 201 Å². The zero-order valence-electron chi connectivity index (χ0n) is 17.9. The highest BCUT2D eigenvalue weighted by atomic mass is 35.5. The highest BCUT2D eigenvalue weighted by Crippen LogP contribution is 2.35. The van der Waals surface area contributed by atoms with Crippen LogP contribution in [0.2, 0.25) is 10.0 Å². The summed E-state index contributed by atoms with van der Waals surface area (Å²) in [6.07, 6.45) is 0. The number of hydrogen-bond donors (Lipinski definition) is 2. The number of benzene rings is 2. The number of esters is 1. The Kier molecular flexibility index (Phi) is 6.99. The molecule has 0 spiro atoms. The van der Waals surface area contributed by atoms with Crippen molar-refractivity contribution in [3.63, 3.8) is 0 Å². The van der Waals surface area contributed by atoms with Crippen LogP contribution in [0.15, 0.2) is 29.1 Å².